The molecule has 40 heavy (non-hydrogen) atoms. The van der Waals surface area contributed by atoms with Gasteiger partial charge in [0.2, 0.25) is 5.95 Å². The van der Waals surface area contributed by atoms with E-state index in [1.807, 2.05) is 37.5 Å². The van der Waals surface area contributed by atoms with Gasteiger partial charge in [-0.3, -0.25) is 0 Å². The number of hydrogen-bond acceptors (Lipinski definition) is 9. The van der Waals surface area contributed by atoms with Crippen LogP contribution in [0.15, 0.2) is 55.1 Å². The molecule has 1 fully saturated rings. The number of tetrazole rings is 1. The van der Waals surface area contributed by atoms with Crippen molar-refractivity contribution in [2.45, 2.75) is 38.8 Å². The van der Waals surface area contributed by atoms with Gasteiger partial charge in [-0.2, -0.15) is 0 Å². The van der Waals surface area contributed by atoms with Gasteiger partial charge in [0, 0.05) is 42.4 Å². The molecule has 6 rings (SSSR count). The highest BCUT2D eigenvalue weighted by Crippen LogP contribution is 2.34. The van der Waals surface area contributed by atoms with Crippen molar-refractivity contribution in [1.29, 1.82) is 0 Å². The second kappa shape index (κ2) is 11.8. The van der Waals surface area contributed by atoms with Gasteiger partial charge in [-0.1, -0.05) is 23.7 Å². The van der Waals surface area contributed by atoms with Gasteiger partial charge in [-0.25, -0.2) is 14.6 Å². The Hall–Kier alpha value is -3.76. The molecule has 1 atom stereocenters. The van der Waals surface area contributed by atoms with E-state index < -0.39 is 0 Å². The van der Waals surface area contributed by atoms with Gasteiger partial charge in [0.25, 0.3) is 0 Å². The van der Waals surface area contributed by atoms with E-state index in [1.54, 1.807) is 11.0 Å². The van der Waals surface area contributed by atoms with E-state index in [0.29, 0.717) is 23.3 Å². The topological polar surface area (TPSA) is 97.1 Å². The molecule has 0 amide bonds. The number of fused-ring (bicyclic) bond motifs is 1. The van der Waals surface area contributed by atoms with Crippen LogP contribution in [-0.2, 0) is 13.0 Å². The molecule has 0 spiro atoms. The van der Waals surface area contributed by atoms with Crippen LogP contribution in [0, 0.1) is 5.92 Å². The normalized spacial score (nSPS) is 16.6. The van der Waals surface area contributed by atoms with E-state index in [9.17, 15) is 0 Å². The zero-order valence-electron chi connectivity index (χ0n) is 22.9. The van der Waals surface area contributed by atoms with Gasteiger partial charge in [-0.05, 0) is 98.1 Å². The summed E-state index contributed by atoms with van der Waals surface area (Å²) in [7, 11) is 2.22. The minimum Gasteiger partial charge on any atom is -0.487 e. The monoisotopic (exact) mass is 559 g/mol. The summed E-state index contributed by atoms with van der Waals surface area (Å²) in [4.78, 5) is 14.2. The highest BCUT2D eigenvalue weighted by molar-refractivity contribution is 6.32. The van der Waals surface area contributed by atoms with Crippen molar-refractivity contribution in [2.24, 2.45) is 5.92 Å². The summed E-state index contributed by atoms with van der Waals surface area (Å²) in [6.07, 6.45) is 8.67. The minimum atomic E-state index is -0.174. The summed E-state index contributed by atoms with van der Waals surface area (Å²) in [5, 5.41) is 15.1. The molecule has 2 aliphatic heterocycles. The van der Waals surface area contributed by atoms with Crippen LogP contribution in [0.25, 0.3) is 11.1 Å². The molecule has 2 aliphatic rings. The Morgan fingerprint density at radius 3 is 2.65 bits per heavy atom. The number of rotatable bonds is 9. The molecular weight excluding hydrogens is 526 g/mol. The molecule has 1 N–H and O–H groups in total. The highest BCUT2D eigenvalue weighted by atomic mass is 35.5. The van der Waals surface area contributed by atoms with Crippen molar-refractivity contribution < 1.29 is 4.74 Å². The lowest BCUT2D eigenvalue weighted by atomic mass is 9.96. The van der Waals surface area contributed by atoms with Crippen LogP contribution in [0.2, 0.25) is 5.02 Å². The van der Waals surface area contributed by atoms with Crippen LogP contribution in [0.4, 0.5) is 17.3 Å². The van der Waals surface area contributed by atoms with Gasteiger partial charge in [0.1, 0.15) is 18.2 Å². The van der Waals surface area contributed by atoms with Gasteiger partial charge in [-0.15, -0.1) is 5.10 Å². The summed E-state index contributed by atoms with van der Waals surface area (Å²) in [6, 6.07) is 12.3. The fourth-order valence-corrected chi connectivity index (χ4v) is 5.66. The Labute approximate surface area is 239 Å². The SMILES string of the molecule is C[C@@H](Cn1cnnn1)Oc1cc(-c2cnc(Nc3ccc4c(c3)N(CC3CCN(C)CC3)CC4)nc2)ccc1Cl. The molecule has 0 bridgehead atoms. The number of hydrogen-bond donors (Lipinski definition) is 1. The number of anilines is 3. The molecular formula is C29H34ClN9O. The van der Waals surface area contributed by atoms with Crippen LogP contribution >= 0.6 is 11.6 Å². The predicted molar refractivity (Wildman–Crippen MR) is 156 cm³/mol. The van der Waals surface area contributed by atoms with Gasteiger partial charge >= 0.3 is 0 Å². The van der Waals surface area contributed by atoms with E-state index in [0.717, 1.165) is 42.2 Å². The maximum Gasteiger partial charge on any atom is 0.227 e. The first kappa shape index (κ1) is 26.5. The number of likely N-dealkylation sites (tertiary alicyclic amines) is 1. The number of ether oxygens (including phenoxy) is 1. The molecule has 208 valence electrons. The van der Waals surface area contributed by atoms with E-state index in [1.165, 1.54) is 37.2 Å². The molecule has 4 aromatic rings. The molecule has 4 heterocycles. The Balaban J connectivity index is 1.11. The summed E-state index contributed by atoms with van der Waals surface area (Å²) in [5.41, 5.74) is 5.55. The largest absolute Gasteiger partial charge is 0.487 e. The third-order valence-electron chi connectivity index (χ3n) is 7.73. The highest BCUT2D eigenvalue weighted by Gasteiger charge is 2.24. The fraction of sp³-hybridized carbons (Fsp3) is 0.414. The summed E-state index contributed by atoms with van der Waals surface area (Å²) >= 11 is 6.42. The van der Waals surface area contributed by atoms with E-state index in [-0.39, 0.29) is 6.10 Å². The molecule has 0 unspecified atom stereocenters. The summed E-state index contributed by atoms with van der Waals surface area (Å²) in [6.45, 7) is 7.09. The molecule has 0 radical (unpaired) electrons. The second-order valence-electron chi connectivity index (χ2n) is 10.8. The van der Waals surface area contributed by atoms with Gasteiger partial charge in [0.05, 0.1) is 11.6 Å². The molecule has 0 aliphatic carbocycles. The first-order chi connectivity index (χ1) is 19.5. The second-order valence-corrected chi connectivity index (χ2v) is 11.2. The van der Waals surface area contributed by atoms with Crippen molar-refractivity contribution in [3.05, 3.63) is 65.7 Å². The predicted octanol–water partition coefficient (Wildman–Crippen LogP) is 4.70. The van der Waals surface area contributed by atoms with E-state index >= 15 is 0 Å². The molecule has 0 saturated carbocycles. The number of aromatic nitrogens is 6. The van der Waals surface area contributed by atoms with Crippen molar-refractivity contribution in [2.75, 3.05) is 43.4 Å². The first-order valence-electron chi connectivity index (χ1n) is 13.8. The number of benzene rings is 2. The zero-order chi connectivity index (χ0) is 27.5. The lowest BCUT2D eigenvalue weighted by Gasteiger charge is -2.32. The Morgan fingerprint density at radius 2 is 1.88 bits per heavy atom. The average molecular weight is 560 g/mol. The Kier molecular flexibility index (Phi) is 7.79. The summed E-state index contributed by atoms with van der Waals surface area (Å²) < 4.78 is 7.69. The summed E-state index contributed by atoms with van der Waals surface area (Å²) in [5.74, 6) is 1.91. The number of piperidine rings is 1. The van der Waals surface area contributed by atoms with E-state index in [2.05, 4.69) is 65.9 Å². The molecule has 2 aromatic heterocycles. The van der Waals surface area contributed by atoms with Gasteiger partial charge < -0.3 is 19.9 Å². The van der Waals surface area contributed by atoms with Crippen LogP contribution < -0.4 is 15.0 Å². The first-order valence-corrected chi connectivity index (χ1v) is 14.2. The molecule has 1 saturated heterocycles. The van der Waals surface area contributed by atoms with Crippen molar-refractivity contribution in [3.8, 4) is 16.9 Å². The van der Waals surface area contributed by atoms with Crippen molar-refractivity contribution in [3.63, 3.8) is 0 Å². The lowest BCUT2D eigenvalue weighted by Crippen LogP contribution is -2.36. The standard InChI is InChI=1S/C29H34ClN9O/c1-20(17-39-19-33-35-36-39)40-28-13-23(4-6-26(28)30)24-15-31-29(32-16-24)34-25-5-3-22-9-12-38(27(22)14-25)18-21-7-10-37(2)11-8-21/h3-6,13-16,19-21H,7-12,17-18H2,1-2H3,(H,31,32,34)/t20-/m0/s1. The third-order valence-corrected chi connectivity index (χ3v) is 8.04. The molecule has 2 aromatic carbocycles. The van der Waals surface area contributed by atoms with Crippen LogP contribution in [0.5, 0.6) is 5.75 Å². The fourth-order valence-electron chi connectivity index (χ4n) is 5.49. The number of nitrogens with zero attached hydrogens (tertiary/aromatic N) is 8. The minimum absolute atomic E-state index is 0.174. The maximum absolute atomic E-state index is 6.42. The average Bonchev–Trinajstić information content (AvgIpc) is 3.61. The van der Waals surface area contributed by atoms with Crippen LogP contribution in [0.3, 0.4) is 0 Å². The zero-order valence-corrected chi connectivity index (χ0v) is 23.6. The molecule has 11 heteroatoms. The Morgan fingerprint density at radius 1 is 1.05 bits per heavy atom. The maximum atomic E-state index is 6.42. The van der Waals surface area contributed by atoms with Crippen LogP contribution in [-0.4, -0.2) is 74.4 Å². The number of halogens is 1. The number of nitrogens with one attached hydrogen (secondary N) is 1. The Bertz CT molecular complexity index is 1420. The molecule has 10 nitrogen and oxygen atoms in total. The van der Waals surface area contributed by atoms with E-state index in [4.69, 9.17) is 16.3 Å². The quantitative estimate of drug-likeness (QED) is 0.313. The van der Waals surface area contributed by atoms with Crippen molar-refractivity contribution in [1.82, 2.24) is 35.1 Å². The van der Waals surface area contributed by atoms with Gasteiger partial charge in [0.15, 0.2) is 0 Å². The smallest absolute Gasteiger partial charge is 0.227 e. The lowest BCUT2D eigenvalue weighted by molar-refractivity contribution is 0.193. The third kappa shape index (κ3) is 6.18. The van der Waals surface area contributed by atoms with Crippen molar-refractivity contribution >= 4 is 28.9 Å². The van der Waals surface area contributed by atoms with Crippen LogP contribution in [0.1, 0.15) is 25.3 Å².